The van der Waals surface area contributed by atoms with E-state index in [9.17, 15) is 35.1 Å². The maximum Gasteiger partial charge on any atom is 0.305 e. The number of unbranched alkanes of at least 4 members (excludes halogenated alkanes) is 32. The molecule has 11 nitrogen and oxygen atoms in total. The lowest BCUT2D eigenvalue weighted by molar-refractivity contribution is -0.302. The molecule has 7 unspecified atom stereocenters. The van der Waals surface area contributed by atoms with Crippen LogP contribution in [0.4, 0.5) is 0 Å². The summed E-state index contributed by atoms with van der Waals surface area (Å²) in [4.78, 5) is 25.0. The molecule has 6 N–H and O–H groups in total. The smallest absolute Gasteiger partial charge is 0.305 e. The highest BCUT2D eigenvalue weighted by Gasteiger charge is 2.44. The van der Waals surface area contributed by atoms with E-state index in [1.165, 1.54) is 141 Å². The van der Waals surface area contributed by atoms with Crippen LogP contribution in [0.2, 0.25) is 0 Å². The molecule has 0 aromatic carbocycles. The van der Waals surface area contributed by atoms with Crippen molar-refractivity contribution in [3.63, 3.8) is 0 Å². The Morgan fingerprint density at radius 1 is 0.537 bits per heavy atom. The number of rotatable bonds is 48. The largest absolute Gasteiger partial charge is 0.466 e. The van der Waals surface area contributed by atoms with Crippen LogP contribution in [0.3, 0.4) is 0 Å². The first kappa shape index (κ1) is 63.2. The van der Waals surface area contributed by atoms with Crippen LogP contribution in [0.1, 0.15) is 258 Å². The standard InChI is InChI=1S/C56H105NO10/c1-3-5-7-9-11-13-14-15-21-24-28-32-36-40-44-52(61)65-45-41-37-33-29-25-22-19-17-16-18-20-23-27-31-35-39-43-51(60)57-48(49(59)42-38-34-30-26-12-10-8-6-4-2)47-66-56-55(64)54(63)53(62)50(46-58)67-56/h16,18,38,42,48-50,53-56,58-59,62-64H,3-15,17,19-37,39-41,43-47H2,1-2H3,(H,57,60)/b18-16-,42-38+. The molecule has 0 aromatic heterocycles. The fourth-order valence-corrected chi connectivity index (χ4v) is 8.78. The van der Waals surface area contributed by atoms with Gasteiger partial charge in [0.05, 0.1) is 32.0 Å². The summed E-state index contributed by atoms with van der Waals surface area (Å²) < 4.78 is 16.6. The number of aliphatic hydroxyl groups excluding tert-OH is 5. The van der Waals surface area contributed by atoms with Gasteiger partial charge in [0.15, 0.2) is 6.29 Å². The molecule has 7 atom stereocenters. The summed E-state index contributed by atoms with van der Waals surface area (Å²) in [5, 5.41) is 54.1. The van der Waals surface area contributed by atoms with Crippen LogP contribution in [-0.2, 0) is 23.8 Å². The number of nitrogens with one attached hydrogen (secondary N) is 1. The first-order chi connectivity index (χ1) is 32.7. The van der Waals surface area contributed by atoms with E-state index in [1.54, 1.807) is 6.08 Å². The summed E-state index contributed by atoms with van der Waals surface area (Å²) in [6.45, 7) is 4.28. The van der Waals surface area contributed by atoms with E-state index >= 15 is 0 Å². The zero-order chi connectivity index (χ0) is 48.8. The summed E-state index contributed by atoms with van der Waals surface area (Å²) in [6, 6.07) is -0.820. The summed E-state index contributed by atoms with van der Waals surface area (Å²) in [5.41, 5.74) is 0. The summed E-state index contributed by atoms with van der Waals surface area (Å²) in [7, 11) is 0. The van der Waals surface area contributed by atoms with Crippen molar-refractivity contribution in [3.05, 3.63) is 24.3 Å². The normalized spacial score (nSPS) is 19.7. The third-order valence-corrected chi connectivity index (χ3v) is 13.3. The Hall–Kier alpha value is -1.86. The van der Waals surface area contributed by atoms with Gasteiger partial charge in [0.25, 0.3) is 0 Å². The molecule has 0 saturated carbocycles. The van der Waals surface area contributed by atoms with E-state index in [1.807, 2.05) is 6.08 Å². The number of aliphatic hydroxyl groups is 5. The van der Waals surface area contributed by atoms with E-state index in [2.05, 4.69) is 31.3 Å². The minimum absolute atomic E-state index is 0.0189. The lowest BCUT2D eigenvalue weighted by Gasteiger charge is -2.40. The van der Waals surface area contributed by atoms with E-state index < -0.39 is 49.5 Å². The molecule has 0 aliphatic carbocycles. The Kier molecular flexibility index (Phi) is 43.8. The van der Waals surface area contributed by atoms with Gasteiger partial charge < -0.3 is 45.1 Å². The molecule has 0 radical (unpaired) electrons. The molecule has 394 valence electrons. The summed E-state index contributed by atoms with van der Waals surface area (Å²) >= 11 is 0. The maximum atomic E-state index is 13.0. The van der Waals surface area contributed by atoms with Crippen LogP contribution < -0.4 is 5.32 Å². The van der Waals surface area contributed by atoms with Crippen molar-refractivity contribution in [3.8, 4) is 0 Å². The van der Waals surface area contributed by atoms with Gasteiger partial charge in [-0.25, -0.2) is 0 Å². The topological polar surface area (TPSA) is 175 Å². The van der Waals surface area contributed by atoms with Gasteiger partial charge in [-0.2, -0.15) is 0 Å². The minimum atomic E-state index is -1.58. The summed E-state index contributed by atoms with van der Waals surface area (Å²) in [6.07, 6.45) is 44.1. The molecule has 0 spiro atoms. The second kappa shape index (κ2) is 46.5. The van der Waals surface area contributed by atoms with Crippen molar-refractivity contribution in [2.75, 3.05) is 19.8 Å². The maximum absolute atomic E-state index is 13.0. The number of carbonyl (C=O) groups is 2. The van der Waals surface area contributed by atoms with Crippen LogP contribution in [-0.4, -0.2) is 100 Å². The van der Waals surface area contributed by atoms with Crippen LogP contribution in [0.5, 0.6) is 0 Å². The Bertz CT molecular complexity index is 1170. The molecule has 1 heterocycles. The average Bonchev–Trinajstić information content (AvgIpc) is 3.32. The quantitative estimate of drug-likeness (QED) is 0.0196. The second-order valence-corrected chi connectivity index (χ2v) is 19.6. The molecule has 1 saturated heterocycles. The van der Waals surface area contributed by atoms with E-state index in [4.69, 9.17) is 14.2 Å². The fourth-order valence-electron chi connectivity index (χ4n) is 8.78. The second-order valence-electron chi connectivity index (χ2n) is 19.6. The first-order valence-electron chi connectivity index (χ1n) is 28.1. The zero-order valence-electron chi connectivity index (χ0n) is 43.1. The van der Waals surface area contributed by atoms with E-state index in [-0.39, 0.29) is 18.5 Å². The Balaban J connectivity index is 2.08. The third kappa shape index (κ3) is 36.7. The number of amides is 1. The predicted molar refractivity (Wildman–Crippen MR) is 274 cm³/mol. The number of carbonyl (C=O) groups excluding carboxylic acids is 2. The molecule has 1 amide bonds. The van der Waals surface area contributed by atoms with Gasteiger partial charge in [-0.3, -0.25) is 9.59 Å². The number of ether oxygens (including phenoxy) is 3. The van der Waals surface area contributed by atoms with Crippen molar-refractivity contribution in [2.24, 2.45) is 0 Å². The van der Waals surface area contributed by atoms with Gasteiger partial charge >= 0.3 is 5.97 Å². The van der Waals surface area contributed by atoms with Gasteiger partial charge in [0.1, 0.15) is 24.4 Å². The highest BCUT2D eigenvalue weighted by molar-refractivity contribution is 5.76. The molecule has 1 fully saturated rings. The van der Waals surface area contributed by atoms with Crippen molar-refractivity contribution in [1.82, 2.24) is 5.32 Å². The molecule has 0 aromatic rings. The molecule has 1 rings (SSSR count). The molecule has 1 aliphatic rings. The number of esters is 1. The molecular weight excluding hydrogens is 847 g/mol. The van der Waals surface area contributed by atoms with Crippen LogP contribution >= 0.6 is 0 Å². The van der Waals surface area contributed by atoms with Gasteiger partial charge in [0.2, 0.25) is 5.91 Å². The lowest BCUT2D eigenvalue weighted by atomic mass is 9.99. The molecular formula is C56H105NO10. The van der Waals surface area contributed by atoms with Crippen molar-refractivity contribution in [2.45, 2.75) is 301 Å². The fraction of sp³-hybridized carbons (Fsp3) is 0.893. The van der Waals surface area contributed by atoms with E-state index in [0.29, 0.717) is 19.4 Å². The van der Waals surface area contributed by atoms with E-state index in [0.717, 1.165) is 89.9 Å². The number of hydrogen-bond donors (Lipinski definition) is 6. The zero-order valence-corrected chi connectivity index (χ0v) is 43.1. The highest BCUT2D eigenvalue weighted by Crippen LogP contribution is 2.23. The Morgan fingerprint density at radius 2 is 0.955 bits per heavy atom. The molecule has 11 heteroatoms. The van der Waals surface area contributed by atoms with Crippen LogP contribution in [0.15, 0.2) is 24.3 Å². The van der Waals surface area contributed by atoms with Gasteiger partial charge in [-0.15, -0.1) is 0 Å². The predicted octanol–water partition coefficient (Wildman–Crippen LogP) is 12.2. The van der Waals surface area contributed by atoms with Crippen LogP contribution in [0.25, 0.3) is 0 Å². The third-order valence-electron chi connectivity index (χ3n) is 13.3. The first-order valence-corrected chi connectivity index (χ1v) is 28.1. The average molecular weight is 952 g/mol. The monoisotopic (exact) mass is 952 g/mol. The molecule has 0 bridgehead atoms. The minimum Gasteiger partial charge on any atom is -0.466 e. The van der Waals surface area contributed by atoms with Crippen LogP contribution in [0, 0.1) is 0 Å². The number of hydrogen-bond acceptors (Lipinski definition) is 10. The molecule has 67 heavy (non-hydrogen) atoms. The van der Waals surface area contributed by atoms with Crippen molar-refractivity contribution >= 4 is 11.9 Å². The Morgan fingerprint density at radius 3 is 1.43 bits per heavy atom. The van der Waals surface area contributed by atoms with Crippen molar-refractivity contribution < 1.29 is 49.3 Å². The summed E-state index contributed by atoms with van der Waals surface area (Å²) in [5.74, 6) is -0.220. The van der Waals surface area contributed by atoms with Gasteiger partial charge in [-0.05, 0) is 57.8 Å². The van der Waals surface area contributed by atoms with Gasteiger partial charge in [0, 0.05) is 12.8 Å². The van der Waals surface area contributed by atoms with Crippen molar-refractivity contribution in [1.29, 1.82) is 0 Å². The Labute approximate surface area is 410 Å². The molecule has 1 aliphatic heterocycles. The van der Waals surface area contributed by atoms with Gasteiger partial charge in [-0.1, -0.05) is 212 Å². The SMILES string of the molecule is CCCCCCCCC/C=C/C(O)C(COC1OC(CO)C(O)C(O)C1O)NC(=O)CCCCCCC/C=C\CCCCCCCCCOC(=O)CCCCCCCCCCCCCCCC. The number of allylic oxidation sites excluding steroid dienone is 3. The lowest BCUT2D eigenvalue weighted by Crippen LogP contribution is -2.60. The highest BCUT2D eigenvalue weighted by atomic mass is 16.7.